The first kappa shape index (κ1) is 18.7. The zero-order valence-electron chi connectivity index (χ0n) is 11.3. The smallest absolute Gasteiger partial charge is 0.340 e. The van der Waals surface area contributed by atoms with Crippen molar-refractivity contribution in [2.24, 2.45) is 5.92 Å². The molecule has 0 aliphatic heterocycles. The van der Waals surface area contributed by atoms with Gasteiger partial charge in [-0.2, -0.15) is 8.78 Å². The molecule has 4 nitrogen and oxygen atoms in total. The Morgan fingerprint density at radius 3 is 2.00 bits per heavy atom. The number of rotatable bonds is 9. The van der Waals surface area contributed by atoms with E-state index in [4.69, 9.17) is 4.74 Å². The van der Waals surface area contributed by atoms with Gasteiger partial charge in [0, 0.05) is 12.8 Å². The van der Waals surface area contributed by atoms with E-state index in [1.807, 2.05) is 13.8 Å². The van der Waals surface area contributed by atoms with Crippen molar-refractivity contribution in [3.8, 4) is 0 Å². The summed E-state index contributed by atoms with van der Waals surface area (Å²) in [7, 11) is 0. The van der Waals surface area contributed by atoms with Gasteiger partial charge in [0.05, 0.1) is 6.61 Å². The summed E-state index contributed by atoms with van der Waals surface area (Å²) in [5, 5.41) is 0. The minimum atomic E-state index is -4.36. The number of alkyl halides is 4. The first-order valence-corrected chi connectivity index (χ1v) is 6.12. The van der Waals surface area contributed by atoms with E-state index < -0.39 is 30.9 Å². The predicted molar refractivity (Wildman–Crippen MR) is 61.6 cm³/mol. The minimum Gasteiger partial charge on any atom is -0.465 e. The van der Waals surface area contributed by atoms with Gasteiger partial charge in [-0.15, -0.1) is 0 Å². The van der Waals surface area contributed by atoms with Crippen molar-refractivity contribution in [2.45, 2.75) is 45.5 Å². The molecule has 0 atom stereocenters. The van der Waals surface area contributed by atoms with E-state index in [0.29, 0.717) is 0 Å². The van der Waals surface area contributed by atoms with Crippen molar-refractivity contribution in [3.05, 3.63) is 0 Å². The van der Waals surface area contributed by atoms with Crippen molar-refractivity contribution >= 4 is 11.9 Å². The van der Waals surface area contributed by atoms with E-state index in [0.717, 1.165) is 0 Å². The molecule has 0 aromatic rings. The Morgan fingerprint density at radius 1 is 1.05 bits per heavy atom. The Kier molecular flexibility index (Phi) is 8.17. The van der Waals surface area contributed by atoms with Crippen molar-refractivity contribution in [1.29, 1.82) is 0 Å². The monoisotopic (exact) mass is 302 g/mol. The topological polar surface area (TPSA) is 52.6 Å². The van der Waals surface area contributed by atoms with Crippen LogP contribution in [0.4, 0.5) is 17.6 Å². The Balaban J connectivity index is 3.76. The van der Waals surface area contributed by atoms with Crippen LogP contribution in [0.2, 0.25) is 0 Å². The zero-order valence-corrected chi connectivity index (χ0v) is 11.3. The predicted octanol–water partition coefficient (Wildman–Crippen LogP) is 2.80. The second-order valence-electron chi connectivity index (χ2n) is 4.65. The Hall–Kier alpha value is -1.34. The first-order chi connectivity index (χ1) is 9.15. The molecule has 0 aromatic carbocycles. The first-order valence-electron chi connectivity index (χ1n) is 6.12. The highest BCUT2D eigenvalue weighted by Crippen LogP contribution is 2.23. The molecular weight excluding hydrogens is 284 g/mol. The summed E-state index contributed by atoms with van der Waals surface area (Å²) in [6.07, 6.45) is -4.21. The van der Waals surface area contributed by atoms with Gasteiger partial charge in [-0.1, -0.05) is 13.8 Å². The summed E-state index contributed by atoms with van der Waals surface area (Å²) in [4.78, 5) is 22.1. The summed E-state index contributed by atoms with van der Waals surface area (Å²) >= 11 is 0. The van der Waals surface area contributed by atoms with Crippen LogP contribution in [0.15, 0.2) is 0 Å². The molecule has 0 amide bonds. The molecule has 0 saturated carbocycles. The summed E-state index contributed by atoms with van der Waals surface area (Å²) < 4.78 is 57.2. The van der Waals surface area contributed by atoms with Crippen LogP contribution in [0.5, 0.6) is 0 Å². The van der Waals surface area contributed by atoms with Crippen LogP contribution in [0.25, 0.3) is 0 Å². The molecule has 8 heteroatoms. The number of hydrogen-bond donors (Lipinski definition) is 0. The molecular formula is C12H18F4O4. The van der Waals surface area contributed by atoms with E-state index in [1.165, 1.54) is 0 Å². The summed E-state index contributed by atoms with van der Waals surface area (Å²) in [5.74, 6) is -5.74. The third-order valence-corrected chi connectivity index (χ3v) is 2.08. The van der Waals surface area contributed by atoms with E-state index in [1.54, 1.807) is 0 Å². The molecule has 0 heterocycles. The molecule has 0 spiro atoms. The van der Waals surface area contributed by atoms with Gasteiger partial charge in [-0.25, -0.2) is 8.78 Å². The van der Waals surface area contributed by atoms with Crippen LogP contribution >= 0.6 is 0 Å². The second kappa shape index (κ2) is 8.76. The third kappa shape index (κ3) is 8.71. The quantitative estimate of drug-likeness (QED) is 0.485. The lowest BCUT2D eigenvalue weighted by atomic mass is 10.2. The molecule has 0 aromatic heterocycles. The van der Waals surface area contributed by atoms with E-state index in [-0.39, 0.29) is 31.8 Å². The highest BCUT2D eigenvalue weighted by molar-refractivity contribution is 5.72. The lowest BCUT2D eigenvalue weighted by Gasteiger charge is -2.14. The maximum Gasteiger partial charge on any atom is 0.340 e. The van der Waals surface area contributed by atoms with Crippen LogP contribution in [0.1, 0.15) is 33.1 Å². The highest BCUT2D eigenvalue weighted by atomic mass is 19.3. The number of carbonyl (C=O) groups is 2. The van der Waals surface area contributed by atoms with Gasteiger partial charge in [0.1, 0.15) is 0 Å². The minimum absolute atomic E-state index is 0.0516. The fourth-order valence-corrected chi connectivity index (χ4v) is 1.02. The van der Waals surface area contributed by atoms with E-state index >= 15 is 0 Å². The molecule has 118 valence electrons. The Labute approximate surface area is 114 Å². The van der Waals surface area contributed by atoms with Gasteiger partial charge in [0.25, 0.3) is 0 Å². The average Bonchev–Trinajstić information content (AvgIpc) is 2.34. The highest BCUT2D eigenvalue weighted by Gasteiger charge is 2.42. The molecule has 0 bridgehead atoms. The van der Waals surface area contributed by atoms with Crippen molar-refractivity contribution in [2.75, 3.05) is 13.2 Å². The maximum absolute atomic E-state index is 12.4. The van der Waals surface area contributed by atoms with Crippen molar-refractivity contribution < 1.29 is 36.6 Å². The number of hydrogen-bond acceptors (Lipinski definition) is 4. The normalized spacial score (nSPS) is 11.8. The maximum atomic E-state index is 12.4. The zero-order chi connectivity index (χ0) is 15.8. The lowest BCUT2D eigenvalue weighted by Crippen LogP contribution is -2.33. The molecule has 0 fully saturated rings. The van der Waals surface area contributed by atoms with Crippen LogP contribution in [-0.4, -0.2) is 37.5 Å². The van der Waals surface area contributed by atoms with E-state index in [9.17, 15) is 27.2 Å². The molecule has 0 N–H and O–H groups in total. The molecule has 20 heavy (non-hydrogen) atoms. The number of halogens is 4. The summed E-state index contributed by atoms with van der Waals surface area (Å²) in [5.41, 5.74) is 0. The van der Waals surface area contributed by atoms with Crippen LogP contribution in [-0.2, 0) is 19.1 Å². The number of esters is 2. The van der Waals surface area contributed by atoms with Crippen LogP contribution in [0, 0.1) is 5.92 Å². The third-order valence-electron chi connectivity index (χ3n) is 2.08. The fraction of sp³-hybridized carbons (Fsp3) is 0.833. The second-order valence-corrected chi connectivity index (χ2v) is 4.65. The molecule has 0 unspecified atom stereocenters. The number of ether oxygens (including phenoxy) is 2. The SMILES string of the molecule is CC(C)COC(=O)CCCC(=O)OCC(F)(F)C(F)F. The van der Waals surface area contributed by atoms with Gasteiger partial charge in [0.2, 0.25) is 0 Å². The molecule has 0 aliphatic carbocycles. The molecule has 0 rings (SSSR count). The average molecular weight is 302 g/mol. The van der Waals surface area contributed by atoms with Gasteiger partial charge in [-0.3, -0.25) is 9.59 Å². The molecule has 0 aliphatic rings. The standard InChI is InChI=1S/C12H18F4O4/c1-8(2)6-19-9(17)4-3-5-10(18)20-7-12(15,16)11(13)14/h8,11H,3-7H2,1-2H3. The van der Waals surface area contributed by atoms with Crippen molar-refractivity contribution in [1.82, 2.24) is 0 Å². The Bertz CT molecular complexity index is 319. The Morgan fingerprint density at radius 2 is 1.55 bits per heavy atom. The number of carbonyl (C=O) groups excluding carboxylic acids is 2. The fourth-order valence-electron chi connectivity index (χ4n) is 1.02. The van der Waals surface area contributed by atoms with Crippen molar-refractivity contribution in [3.63, 3.8) is 0 Å². The largest absolute Gasteiger partial charge is 0.465 e. The van der Waals surface area contributed by atoms with Gasteiger partial charge >= 0.3 is 24.3 Å². The van der Waals surface area contributed by atoms with Gasteiger partial charge in [-0.05, 0) is 12.3 Å². The van der Waals surface area contributed by atoms with Crippen LogP contribution < -0.4 is 0 Å². The lowest BCUT2D eigenvalue weighted by molar-refractivity contribution is -0.179. The van der Waals surface area contributed by atoms with Crippen LogP contribution in [0.3, 0.4) is 0 Å². The summed E-state index contributed by atoms with van der Waals surface area (Å²) in [6.45, 7) is 2.30. The van der Waals surface area contributed by atoms with Gasteiger partial charge < -0.3 is 9.47 Å². The molecule has 0 saturated heterocycles. The molecule has 0 radical (unpaired) electrons. The van der Waals surface area contributed by atoms with Gasteiger partial charge in [0.15, 0.2) is 6.61 Å². The van der Waals surface area contributed by atoms with E-state index in [2.05, 4.69) is 4.74 Å². The summed E-state index contributed by atoms with van der Waals surface area (Å²) in [6, 6.07) is 0.